The second-order valence-electron chi connectivity index (χ2n) is 8.35. The van der Waals surface area contributed by atoms with E-state index in [1.54, 1.807) is 24.7 Å². The van der Waals surface area contributed by atoms with Gasteiger partial charge in [-0.25, -0.2) is 15.0 Å². The molecule has 1 N–H and O–H groups in total. The molecule has 32 heavy (non-hydrogen) atoms. The van der Waals surface area contributed by atoms with Crippen molar-refractivity contribution >= 4 is 11.7 Å². The molecule has 9 heteroatoms. The number of imidazole rings is 1. The molecule has 0 aromatic carbocycles. The van der Waals surface area contributed by atoms with Crippen LogP contribution in [0.2, 0.25) is 0 Å². The summed E-state index contributed by atoms with van der Waals surface area (Å²) in [6.45, 7) is 6.07. The van der Waals surface area contributed by atoms with E-state index in [9.17, 15) is 4.79 Å². The number of nitrogens with one attached hydrogen (secondary N) is 1. The highest BCUT2D eigenvalue weighted by molar-refractivity contribution is 6.02. The van der Waals surface area contributed by atoms with Crippen LogP contribution < -0.4 is 5.32 Å². The van der Waals surface area contributed by atoms with E-state index >= 15 is 0 Å². The number of nitrogens with zero attached hydrogens (tertiary/aromatic N) is 7. The molecule has 162 valence electrons. The van der Waals surface area contributed by atoms with Crippen LogP contribution in [0.25, 0.3) is 17.2 Å². The van der Waals surface area contributed by atoms with E-state index in [4.69, 9.17) is 0 Å². The van der Waals surface area contributed by atoms with Gasteiger partial charge in [0.25, 0.3) is 5.91 Å². The Morgan fingerprint density at radius 1 is 1.19 bits per heavy atom. The largest absolute Gasteiger partial charge is 0.310 e. The number of carbonyl (C=O) groups is 1. The minimum atomic E-state index is -0.339. The number of rotatable bonds is 6. The molecule has 1 saturated carbocycles. The monoisotopic (exact) mass is 428 g/mol. The molecule has 0 spiro atoms. The summed E-state index contributed by atoms with van der Waals surface area (Å²) in [5.41, 5.74) is 3.91. The highest BCUT2D eigenvalue weighted by Gasteiger charge is 2.26. The lowest BCUT2D eigenvalue weighted by atomic mass is 10.2. The number of hydrogen-bond acceptors (Lipinski definition) is 6. The zero-order valence-electron chi connectivity index (χ0n) is 18.2. The number of anilines is 1. The maximum absolute atomic E-state index is 12.9. The highest BCUT2D eigenvalue weighted by Crippen LogP contribution is 2.39. The third kappa shape index (κ3) is 3.89. The Morgan fingerprint density at radius 2 is 2.03 bits per heavy atom. The van der Waals surface area contributed by atoms with Gasteiger partial charge in [-0.3, -0.25) is 4.79 Å². The second kappa shape index (κ2) is 7.99. The van der Waals surface area contributed by atoms with E-state index < -0.39 is 0 Å². The summed E-state index contributed by atoms with van der Waals surface area (Å²) in [6, 6.07) is 7.30. The molecule has 0 atom stereocenters. The van der Waals surface area contributed by atoms with Crippen molar-refractivity contribution in [1.29, 1.82) is 0 Å². The summed E-state index contributed by atoms with van der Waals surface area (Å²) in [4.78, 5) is 26.3. The first kappa shape index (κ1) is 20.0. The van der Waals surface area contributed by atoms with Crippen molar-refractivity contribution in [3.05, 3.63) is 66.3 Å². The fourth-order valence-electron chi connectivity index (χ4n) is 3.59. The van der Waals surface area contributed by atoms with Crippen LogP contribution in [0.15, 0.2) is 49.3 Å². The van der Waals surface area contributed by atoms with E-state index in [2.05, 4.69) is 36.7 Å². The Bertz CT molecular complexity index is 1280. The van der Waals surface area contributed by atoms with Gasteiger partial charge in [-0.15, -0.1) is 10.2 Å². The van der Waals surface area contributed by atoms with Crippen molar-refractivity contribution in [3.8, 4) is 17.2 Å². The standard InChI is InChI=1S/C23H24N8O/c1-14(2)31-13-26-29-22(31)17-5-4-6-18(27-17)23(32)28-21-9-20(15(3)10-24-21)30-11-19(25-12-30)16-7-8-16/h4-6,9-14,16H,7-8H2,1-3H3,(H,24,28,32). The summed E-state index contributed by atoms with van der Waals surface area (Å²) in [5.74, 6) is 1.32. The van der Waals surface area contributed by atoms with Crippen molar-refractivity contribution in [3.63, 3.8) is 0 Å². The molecule has 0 bridgehead atoms. The lowest BCUT2D eigenvalue weighted by molar-refractivity contribution is 0.102. The number of pyridine rings is 2. The quantitative estimate of drug-likeness (QED) is 0.499. The Balaban J connectivity index is 1.39. The topological polar surface area (TPSA) is 103 Å². The first-order valence-corrected chi connectivity index (χ1v) is 10.7. The van der Waals surface area contributed by atoms with Gasteiger partial charge in [0.2, 0.25) is 0 Å². The third-order valence-electron chi connectivity index (χ3n) is 5.53. The van der Waals surface area contributed by atoms with Gasteiger partial charge in [0.1, 0.15) is 23.5 Å². The lowest BCUT2D eigenvalue weighted by Crippen LogP contribution is -2.15. The Morgan fingerprint density at radius 3 is 2.81 bits per heavy atom. The average molecular weight is 429 g/mol. The van der Waals surface area contributed by atoms with Crippen LogP contribution in [0.1, 0.15) is 60.4 Å². The van der Waals surface area contributed by atoms with Gasteiger partial charge in [0.05, 0.1) is 17.7 Å². The van der Waals surface area contributed by atoms with E-state index in [0.29, 0.717) is 23.3 Å². The summed E-state index contributed by atoms with van der Waals surface area (Å²) >= 11 is 0. The first-order valence-electron chi connectivity index (χ1n) is 10.7. The van der Waals surface area contributed by atoms with Crippen LogP contribution in [0.5, 0.6) is 0 Å². The fraction of sp³-hybridized carbons (Fsp3) is 0.304. The van der Waals surface area contributed by atoms with Crippen LogP contribution in [-0.2, 0) is 0 Å². The van der Waals surface area contributed by atoms with Gasteiger partial charge in [-0.2, -0.15) is 0 Å². The number of hydrogen-bond donors (Lipinski definition) is 1. The van der Waals surface area contributed by atoms with Gasteiger partial charge >= 0.3 is 0 Å². The van der Waals surface area contributed by atoms with Gasteiger partial charge < -0.3 is 14.5 Å². The maximum atomic E-state index is 12.9. The molecule has 0 unspecified atom stereocenters. The molecule has 0 radical (unpaired) electrons. The Kier molecular flexibility index (Phi) is 5.01. The lowest BCUT2D eigenvalue weighted by Gasteiger charge is -2.11. The molecule has 1 aliphatic rings. The van der Waals surface area contributed by atoms with Gasteiger partial charge in [0, 0.05) is 30.4 Å². The zero-order valence-corrected chi connectivity index (χ0v) is 18.2. The number of aryl methyl sites for hydroxylation is 1. The predicted molar refractivity (Wildman–Crippen MR) is 120 cm³/mol. The van der Waals surface area contributed by atoms with Gasteiger partial charge in [-0.1, -0.05) is 6.07 Å². The van der Waals surface area contributed by atoms with Gasteiger partial charge in [-0.05, 0) is 51.3 Å². The third-order valence-corrected chi connectivity index (χ3v) is 5.53. The van der Waals surface area contributed by atoms with Crippen LogP contribution in [0.4, 0.5) is 5.82 Å². The molecule has 5 rings (SSSR count). The Labute approximate surface area is 185 Å². The van der Waals surface area contributed by atoms with E-state index in [-0.39, 0.29) is 17.6 Å². The van der Waals surface area contributed by atoms with Crippen molar-refractivity contribution < 1.29 is 4.79 Å². The molecular weight excluding hydrogens is 404 g/mol. The number of carbonyl (C=O) groups excluding carboxylic acids is 1. The molecular formula is C23H24N8O. The van der Waals surface area contributed by atoms with Crippen molar-refractivity contribution in [1.82, 2.24) is 34.3 Å². The SMILES string of the molecule is Cc1cnc(NC(=O)c2cccc(-c3nncn3C(C)C)n2)cc1-n1cnc(C2CC2)c1. The van der Waals surface area contributed by atoms with E-state index in [1.807, 2.05) is 48.4 Å². The van der Waals surface area contributed by atoms with Crippen LogP contribution in [-0.4, -0.2) is 40.2 Å². The van der Waals surface area contributed by atoms with Crippen LogP contribution in [0.3, 0.4) is 0 Å². The van der Waals surface area contributed by atoms with Gasteiger partial charge in [0.15, 0.2) is 5.82 Å². The van der Waals surface area contributed by atoms with Crippen LogP contribution >= 0.6 is 0 Å². The van der Waals surface area contributed by atoms with E-state index in [1.165, 1.54) is 12.8 Å². The predicted octanol–water partition coefficient (Wildman–Crippen LogP) is 3.94. The molecule has 1 amide bonds. The highest BCUT2D eigenvalue weighted by atomic mass is 16.1. The molecule has 0 aliphatic heterocycles. The van der Waals surface area contributed by atoms with Crippen molar-refractivity contribution in [2.75, 3.05) is 5.32 Å². The summed E-state index contributed by atoms with van der Waals surface area (Å²) in [7, 11) is 0. The molecule has 4 aromatic heterocycles. The zero-order chi connectivity index (χ0) is 22.2. The van der Waals surface area contributed by atoms with E-state index in [0.717, 1.165) is 16.9 Å². The Hall–Kier alpha value is -3.88. The molecule has 0 saturated heterocycles. The number of amides is 1. The summed E-state index contributed by atoms with van der Waals surface area (Å²) < 4.78 is 3.90. The van der Waals surface area contributed by atoms with Crippen molar-refractivity contribution in [2.45, 2.75) is 45.6 Å². The molecule has 4 heterocycles. The average Bonchev–Trinajstić information content (AvgIpc) is 3.31. The second-order valence-corrected chi connectivity index (χ2v) is 8.35. The van der Waals surface area contributed by atoms with Crippen LogP contribution in [0, 0.1) is 6.92 Å². The minimum absolute atomic E-state index is 0.179. The minimum Gasteiger partial charge on any atom is -0.310 e. The van der Waals surface area contributed by atoms with Crippen molar-refractivity contribution in [2.24, 2.45) is 0 Å². The number of aromatic nitrogens is 7. The molecule has 1 aliphatic carbocycles. The summed E-state index contributed by atoms with van der Waals surface area (Å²) in [6.07, 6.45) is 9.69. The fourth-order valence-corrected chi connectivity index (χ4v) is 3.59. The first-order chi connectivity index (χ1) is 15.5. The maximum Gasteiger partial charge on any atom is 0.275 e. The normalized spacial score (nSPS) is 13.5. The molecule has 1 fully saturated rings. The molecule has 4 aromatic rings. The molecule has 9 nitrogen and oxygen atoms in total. The smallest absolute Gasteiger partial charge is 0.275 e. The summed E-state index contributed by atoms with van der Waals surface area (Å²) in [5, 5.41) is 11.0.